The first-order valence-electron chi connectivity index (χ1n) is 8.74. The zero-order chi connectivity index (χ0) is 18.3. The van der Waals surface area contributed by atoms with Gasteiger partial charge in [0.25, 0.3) is 5.56 Å². The second-order valence-electron chi connectivity index (χ2n) is 6.85. The van der Waals surface area contributed by atoms with E-state index in [0.717, 1.165) is 11.0 Å². The monoisotopic (exact) mass is 343 g/mol. The SMILES string of the molecule is Cc1ccc(Cn2c(-c3ccc[nH]c3=O)nc3cc(C)c(C)cc32)cc1. The lowest BCUT2D eigenvalue weighted by Crippen LogP contribution is -2.11. The second-order valence-corrected chi connectivity index (χ2v) is 6.85. The van der Waals surface area contributed by atoms with Crippen LogP contribution in [0, 0.1) is 20.8 Å². The summed E-state index contributed by atoms with van der Waals surface area (Å²) in [5, 5.41) is 0. The zero-order valence-corrected chi connectivity index (χ0v) is 15.2. The smallest absolute Gasteiger partial charge is 0.258 e. The average molecular weight is 343 g/mol. The number of aromatic nitrogens is 3. The van der Waals surface area contributed by atoms with Gasteiger partial charge in [-0.3, -0.25) is 4.79 Å². The van der Waals surface area contributed by atoms with Gasteiger partial charge in [-0.05, 0) is 61.7 Å². The molecule has 2 aromatic heterocycles. The minimum Gasteiger partial charge on any atom is -0.328 e. The number of hydrogen-bond acceptors (Lipinski definition) is 2. The van der Waals surface area contributed by atoms with Gasteiger partial charge in [0.05, 0.1) is 16.6 Å². The van der Waals surface area contributed by atoms with Crippen LogP contribution in [0.3, 0.4) is 0 Å². The molecule has 0 spiro atoms. The Hall–Kier alpha value is -3.14. The summed E-state index contributed by atoms with van der Waals surface area (Å²) in [6.45, 7) is 6.94. The highest BCUT2D eigenvalue weighted by Crippen LogP contribution is 2.26. The first kappa shape index (κ1) is 16.3. The third kappa shape index (κ3) is 2.84. The van der Waals surface area contributed by atoms with Crippen molar-refractivity contribution in [2.24, 2.45) is 0 Å². The molecule has 26 heavy (non-hydrogen) atoms. The molecule has 1 N–H and O–H groups in total. The molecule has 0 saturated carbocycles. The lowest BCUT2D eigenvalue weighted by molar-refractivity contribution is 0.831. The molecule has 0 aliphatic rings. The fourth-order valence-corrected chi connectivity index (χ4v) is 3.22. The Balaban J connectivity index is 1.96. The van der Waals surface area contributed by atoms with Gasteiger partial charge in [0, 0.05) is 12.7 Å². The predicted octanol–water partition coefficient (Wildman–Crippen LogP) is 4.37. The molecule has 0 saturated heterocycles. The third-order valence-corrected chi connectivity index (χ3v) is 4.88. The quantitative estimate of drug-likeness (QED) is 0.601. The van der Waals surface area contributed by atoms with Crippen LogP contribution in [0.4, 0.5) is 0 Å². The normalized spacial score (nSPS) is 11.2. The van der Waals surface area contributed by atoms with E-state index < -0.39 is 0 Å². The van der Waals surface area contributed by atoms with E-state index in [1.54, 1.807) is 6.20 Å². The van der Waals surface area contributed by atoms with Crippen molar-refractivity contribution in [1.29, 1.82) is 0 Å². The Morgan fingerprint density at radius 1 is 1.00 bits per heavy atom. The summed E-state index contributed by atoms with van der Waals surface area (Å²) in [6, 6.07) is 16.4. The van der Waals surface area contributed by atoms with Gasteiger partial charge in [-0.25, -0.2) is 4.98 Å². The van der Waals surface area contributed by atoms with Crippen molar-refractivity contribution in [2.75, 3.05) is 0 Å². The molecule has 0 amide bonds. The van der Waals surface area contributed by atoms with E-state index in [9.17, 15) is 4.79 Å². The lowest BCUT2D eigenvalue weighted by Gasteiger charge is -2.10. The summed E-state index contributed by atoms with van der Waals surface area (Å²) in [5.74, 6) is 0.701. The number of H-pyrrole nitrogens is 1. The van der Waals surface area contributed by atoms with Crippen LogP contribution in [0.2, 0.25) is 0 Å². The average Bonchev–Trinajstić information content (AvgIpc) is 2.95. The van der Waals surface area contributed by atoms with Crippen LogP contribution in [0.5, 0.6) is 0 Å². The van der Waals surface area contributed by atoms with E-state index in [-0.39, 0.29) is 5.56 Å². The molecule has 4 aromatic rings. The number of hydrogen-bond donors (Lipinski definition) is 1. The van der Waals surface area contributed by atoms with Crippen molar-refractivity contribution in [3.05, 3.63) is 87.3 Å². The minimum atomic E-state index is -0.124. The van der Waals surface area contributed by atoms with Gasteiger partial charge in [-0.1, -0.05) is 29.8 Å². The van der Waals surface area contributed by atoms with Gasteiger partial charge in [0.1, 0.15) is 5.82 Å². The second kappa shape index (κ2) is 6.30. The first-order chi connectivity index (χ1) is 12.5. The van der Waals surface area contributed by atoms with Gasteiger partial charge in [0.15, 0.2) is 0 Å². The van der Waals surface area contributed by atoms with E-state index in [1.807, 2.05) is 12.1 Å². The van der Waals surface area contributed by atoms with Gasteiger partial charge >= 0.3 is 0 Å². The summed E-state index contributed by atoms with van der Waals surface area (Å²) in [7, 11) is 0. The summed E-state index contributed by atoms with van der Waals surface area (Å²) >= 11 is 0. The van der Waals surface area contributed by atoms with Crippen molar-refractivity contribution in [1.82, 2.24) is 14.5 Å². The summed E-state index contributed by atoms with van der Waals surface area (Å²) in [6.07, 6.45) is 1.65. The van der Waals surface area contributed by atoms with Crippen LogP contribution in [-0.2, 0) is 6.54 Å². The summed E-state index contributed by atoms with van der Waals surface area (Å²) in [4.78, 5) is 19.9. The number of fused-ring (bicyclic) bond motifs is 1. The molecule has 4 heteroatoms. The number of rotatable bonds is 3. The number of aryl methyl sites for hydroxylation is 3. The van der Waals surface area contributed by atoms with Gasteiger partial charge < -0.3 is 9.55 Å². The highest BCUT2D eigenvalue weighted by molar-refractivity contribution is 5.82. The Labute approximate surface area is 152 Å². The predicted molar refractivity (Wildman–Crippen MR) is 106 cm³/mol. The molecular weight excluding hydrogens is 322 g/mol. The first-order valence-corrected chi connectivity index (χ1v) is 8.74. The van der Waals surface area contributed by atoms with Crippen LogP contribution in [0.25, 0.3) is 22.4 Å². The van der Waals surface area contributed by atoms with E-state index in [4.69, 9.17) is 4.98 Å². The zero-order valence-electron chi connectivity index (χ0n) is 15.2. The highest BCUT2D eigenvalue weighted by atomic mass is 16.1. The Kier molecular flexibility index (Phi) is 3.96. The maximum absolute atomic E-state index is 12.4. The molecule has 0 bridgehead atoms. The number of nitrogens with one attached hydrogen (secondary N) is 1. The number of benzene rings is 2. The number of nitrogens with zero attached hydrogens (tertiary/aromatic N) is 2. The molecule has 0 unspecified atom stereocenters. The van der Waals surface area contributed by atoms with Crippen molar-refractivity contribution >= 4 is 11.0 Å². The number of pyridine rings is 1. The van der Waals surface area contributed by atoms with Crippen LogP contribution >= 0.6 is 0 Å². The number of aromatic amines is 1. The molecule has 0 aliphatic heterocycles. The maximum atomic E-state index is 12.4. The molecule has 0 fully saturated rings. The molecule has 4 nitrogen and oxygen atoms in total. The Morgan fingerprint density at radius 3 is 2.46 bits per heavy atom. The topological polar surface area (TPSA) is 50.7 Å². The molecule has 130 valence electrons. The van der Waals surface area contributed by atoms with Crippen LogP contribution in [0.15, 0.2) is 59.5 Å². The number of imidazole rings is 1. The summed E-state index contributed by atoms with van der Waals surface area (Å²) in [5.41, 5.74) is 7.26. The lowest BCUT2D eigenvalue weighted by atomic mass is 10.1. The van der Waals surface area contributed by atoms with E-state index in [1.165, 1.54) is 22.3 Å². The van der Waals surface area contributed by atoms with E-state index in [0.29, 0.717) is 17.9 Å². The van der Waals surface area contributed by atoms with Crippen molar-refractivity contribution in [3.8, 4) is 11.4 Å². The van der Waals surface area contributed by atoms with Crippen LogP contribution in [-0.4, -0.2) is 14.5 Å². The Morgan fingerprint density at radius 2 is 1.73 bits per heavy atom. The molecular formula is C22H21N3O. The molecule has 0 aliphatic carbocycles. The van der Waals surface area contributed by atoms with Gasteiger partial charge in [-0.2, -0.15) is 0 Å². The summed E-state index contributed by atoms with van der Waals surface area (Å²) < 4.78 is 2.14. The van der Waals surface area contributed by atoms with E-state index in [2.05, 4.69) is 66.7 Å². The molecule has 2 heterocycles. The van der Waals surface area contributed by atoms with Gasteiger partial charge in [0.2, 0.25) is 0 Å². The highest BCUT2D eigenvalue weighted by Gasteiger charge is 2.16. The van der Waals surface area contributed by atoms with Crippen LogP contribution < -0.4 is 5.56 Å². The van der Waals surface area contributed by atoms with Crippen molar-refractivity contribution in [3.63, 3.8) is 0 Å². The molecule has 0 atom stereocenters. The van der Waals surface area contributed by atoms with Gasteiger partial charge in [-0.15, -0.1) is 0 Å². The van der Waals surface area contributed by atoms with Crippen molar-refractivity contribution in [2.45, 2.75) is 27.3 Å². The van der Waals surface area contributed by atoms with Crippen LogP contribution in [0.1, 0.15) is 22.3 Å². The minimum absolute atomic E-state index is 0.124. The van der Waals surface area contributed by atoms with E-state index >= 15 is 0 Å². The fourth-order valence-electron chi connectivity index (χ4n) is 3.22. The molecule has 2 aromatic carbocycles. The third-order valence-electron chi connectivity index (χ3n) is 4.88. The maximum Gasteiger partial charge on any atom is 0.258 e. The largest absolute Gasteiger partial charge is 0.328 e. The fraction of sp³-hybridized carbons (Fsp3) is 0.182. The molecule has 4 rings (SSSR count). The standard InChI is InChI=1S/C22H21N3O/c1-14-6-8-17(9-7-14)13-25-20-12-16(3)15(2)11-19(20)24-21(25)18-5-4-10-23-22(18)26/h4-12H,13H2,1-3H3,(H,23,26). The Bertz CT molecular complexity index is 1150. The van der Waals surface area contributed by atoms with Crippen molar-refractivity contribution < 1.29 is 0 Å². The molecule has 0 radical (unpaired) electrons.